The molecule has 0 aliphatic rings. The van der Waals surface area contributed by atoms with Crippen molar-refractivity contribution in [2.75, 3.05) is 0 Å². The molecule has 0 aromatic heterocycles. The van der Waals surface area contributed by atoms with E-state index in [1.54, 1.807) is 6.07 Å². The molecular formula is C19H22O3. The van der Waals surface area contributed by atoms with E-state index in [9.17, 15) is 9.90 Å². The largest absolute Gasteiger partial charge is 0.478 e. The first-order chi connectivity index (χ1) is 10.4. The minimum absolute atomic E-state index is 0.363. The highest BCUT2D eigenvalue weighted by Gasteiger charge is 2.22. The maximum atomic E-state index is 11.6. The first-order valence-corrected chi connectivity index (χ1v) is 7.40. The summed E-state index contributed by atoms with van der Waals surface area (Å²) in [5.74, 6) is -0.319. The van der Waals surface area contributed by atoms with Crippen molar-refractivity contribution in [3.05, 3.63) is 64.2 Å². The van der Waals surface area contributed by atoms with Crippen LogP contribution in [0.3, 0.4) is 0 Å². The third kappa shape index (κ3) is 3.67. The van der Waals surface area contributed by atoms with Gasteiger partial charge in [0.1, 0.15) is 5.75 Å². The van der Waals surface area contributed by atoms with Crippen LogP contribution in [0.15, 0.2) is 36.4 Å². The summed E-state index contributed by atoms with van der Waals surface area (Å²) in [4.78, 5) is 11.6. The average Bonchev–Trinajstić information content (AvgIpc) is 2.43. The maximum Gasteiger partial charge on any atom is 0.345 e. The van der Waals surface area contributed by atoms with Gasteiger partial charge in [0.2, 0.25) is 0 Å². The number of carboxylic acid groups (broad SMARTS) is 1. The van der Waals surface area contributed by atoms with Gasteiger partial charge in [-0.1, -0.05) is 35.9 Å². The van der Waals surface area contributed by atoms with Crippen molar-refractivity contribution in [1.29, 1.82) is 0 Å². The summed E-state index contributed by atoms with van der Waals surface area (Å²) in [7, 11) is 0. The van der Waals surface area contributed by atoms with Crippen molar-refractivity contribution < 1.29 is 14.6 Å². The molecule has 0 aliphatic heterocycles. The lowest BCUT2D eigenvalue weighted by Crippen LogP contribution is -2.30. The Morgan fingerprint density at radius 3 is 2.18 bits per heavy atom. The van der Waals surface area contributed by atoms with Crippen molar-refractivity contribution in [3.8, 4) is 5.75 Å². The molecular weight excluding hydrogens is 276 g/mol. The Morgan fingerprint density at radius 1 is 1.05 bits per heavy atom. The fraction of sp³-hybridized carbons (Fsp3) is 0.316. The number of rotatable bonds is 5. The van der Waals surface area contributed by atoms with Crippen molar-refractivity contribution in [2.45, 2.75) is 40.2 Å². The topological polar surface area (TPSA) is 46.5 Å². The molecule has 2 aromatic carbocycles. The van der Waals surface area contributed by atoms with Crippen LogP contribution in [0.1, 0.15) is 27.8 Å². The second kappa shape index (κ2) is 6.65. The highest BCUT2D eigenvalue weighted by molar-refractivity contribution is 5.73. The predicted molar refractivity (Wildman–Crippen MR) is 87.6 cm³/mol. The number of hydrogen-bond acceptors (Lipinski definition) is 2. The number of ether oxygens (including phenoxy) is 1. The van der Waals surface area contributed by atoms with E-state index in [0.29, 0.717) is 12.2 Å². The molecule has 0 spiro atoms. The smallest absolute Gasteiger partial charge is 0.345 e. The SMILES string of the molecule is Cc1cc(C)c(CC(Oc2ccccc2C)C(=O)O)c(C)c1. The Balaban J connectivity index is 2.27. The molecule has 1 unspecified atom stereocenters. The van der Waals surface area contributed by atoms with E-state index in [1.165, 1.54) is 5.56 Å². The van der Waals surface area contributed by atoms with Gasteiger partial charge >= 0.3 is 5.97 Å². The van der Waals surface area contributed by atoms with Gasteiger partial charge in [-0.15, -0.1) is 0 Å². The van der Waals surface area contributed by atoms with Crippen LogP contribution in [-0.4, -0.2) is 17.2 Å². The second-order valence-corrected chi connectivity index (χ2v) is 5.79. The summed E-state index contributed by atoms with van der Waals surface area (Å²) < 4.78 is 5.75. The third-order valence-corrected chi connectivity index (χ3v) is 3.87. The van der Waals surface area contributed by atoms with Crippen LogP contribution in [0.4, 0.5) is 0 Å². The fourth-order valence-electron chi connectivity index (χ4n) is 2.74. The highest BCUT2D eigenvalue weighted by atomic mass is 16.5. The Labute approximate surface area is 131 Å². The van der Waals surface area contributed by atoms with Crippen LogP contribution in [0.2, 0.25) is 0 Å². The van der Waals surface area contributed by atoms with Gasteiger partial charge in [0.15, 0.2) is 6.10 Å². The van der Waals surface area contributed by atoms with Gasteiger partial charge in [0.05, 0.1) is 0 Å². The van der Waals surface area contributed by atoms with Gasteiger partial charge in [0.25, 0.3) is 0 Å². The zero-order chi connectivity index (χ0) is 16.3. The average molecular weight is 298 g/mol. The minimum atomic E-state index is -0.942. The van der Waals surface area contributed by atoms with E-state index in [4.69, 9.17) is 4.74 Å². The number of aryl methyl sites for hydroxylation is 4. The molecule has 3 heteroatoms. The summed E-state index contributed by atoms with van der Waals surface area (Å²) in [6, 6.07) is 11.6. The molecule has 1 N–H and O–H groups in total. The van der Waals surface area contributed by atoms with Gasteiger partial charge in [-0.2, -0.15) is 0 Å². The van der Waals surface area contributed by atoms with E-state index < -0.39 is 12.1 Å². The van der Waals surface area contributed by atoms with Gasteiger partial charge in [-0.25, -0.2) is 4.79 Å². The molecule has 3 nitrogen and oxygen atoms in total. The number of hydrogen-bond donors (Lipinski definition) is 1. The minimum Gasteiger partial charge on any atom is -0.478 e. The second-order valence-electron chi connectivity index (χ2n) is 5.79. The molecule has 0 heterocycles. The van der Waals surface area contributed by atoms with Crippen molar-refractivity contribution in [1.82, 2.24) is 0 Å². The predicted octanol–water partition coefficient (Wildman–Crippen LogP) is 3.99. The first kappa shape index (κ1) is 16.1. The first-order valence-electron chi connectivity index (χ1n) is 7.40. The van der Waals surface area contributed by atoms with Gasteiger partial charge in [-0.3, -0.25) is 0 Å². The Kier molecular flexibility index (Phi) is 4.86. The normalized spacial score (nSPS) is 12.0. The summed E-state index contributed by atoms with van der Waals surface area (Å²) in [5, 5.41) is 9.50. The quantitative estimate of drug-likeness (QED) is 0.907. The van der Waals surface area contributed by atoms with Crippen LogP contribution in [0.5, 0.6) is 5.75 Å². The molecule has 2 rings (SSSR count). The molecule has 0 bridgehead atoms. The highest BCUT2D eigenvalue weighted by Crippen LogP contribution is 2.22. The summed E-state index contributed by atoms with van der Waals surface area (Å²) in [6.07, 6.45) is -0.525. The summed E-state index contributed by atoms with van der Waals surface area (Å²) in [6.45, 7) is 7.99. The van der Waals surface area contributed by atoms with Crippen LogP contribution in [0.25, 0.3) is 0 Å². The Morgan fingerprint density at radius 2 is 1.64 bits per heavy atom. The monoisotopic (exact) mass is 298 g/mol. The summed E-state index contributed by atoms with van der Waals surface area (Å²) in [5.41, 5.74) is 5.39. The molecule has 0 aliphatic carbocycles. The molecule has 0 radical (unpaired) electrons. The maximum absolute atomic E-state index is 11.6. The summed E-state index contributed by atoms with van der Waals surface area (Å²) >= 11 is 0. The molecule has 0 amide bonds. The molecule has 2 aromatic rings. The number of carboxylic acids is 1. The standard InChI is InChI=1S/C19H22O3/c1-12-9-14(3)16(15(4)10-12)11-18(19(20)21)22-17-8-6-5-7-13(17)2/h5-10,18H,11H2,1-4H3,(H,20,21). The lowest BCUT2D eigenvalue weighted by atomic mass is 9.95. The van der Waals surface area contributed by atoms with Gasteiger partial charge < -0.3 is 9.84 Å². The van der Waals surface area contributed by atoms with Crippen molar-refractivity contribution >= 4 is 5.97 Å². The lowest BCUT2D eigenvalue weighted by Gasteiger charge is -2.19. The van der Waals surface area contributed by atoms with Crippen molar-refractivity contribution in [2.24, 2.45) is 0 Å². The van der Waals surface area contributed by atoms with Crippen LogP contribution in [-0.2, 0) is 11.2 Å². The number of benzene rings is 2. The molecule has 0 saturated heterocycles. The van der Waals surface area contributed by atoms with E-state index in [2.05, 4.69) is 12.1 Å². The van der Waals surface area contributed by atoms with Gasteiger partial charge in [-0.05, 0) is 56.0 Å². The number of aliphatic carboxylic acids is 1. The van der Waals surface area contributed by atoms with E-state index in [-0.39, 0.29) is 0 Å². The number of carbonyl (C=O) groups is 1. The molecule has 116 valence electrons. The van der Waals surface area contributed by atoms with Crippen LogP contribution < -0.4 is 4.74 Å². The molecule has 0 saturated carbocycles. The molecule has 22 heavy (non-hydrogen) atoms. The van der Waals surface area contributed by atoms with E-state index >= 15 is 0 Å². The zero-order valence-electron chi connectivity index (χ0n) is 13.5. The van der Waals surface area contributed by atoms with Crippen LogP contribution >= 0.6 is 0 Å². The molecule has 0 fully saturated rings. The van der Waals surface area contributed by atoms with Crippen LogP contribution in [0, 0.1) is 27.7 Å². The zero-order valence-corrected chi connectivity index (χ0v) is 13.5. The fourth-order valence-corrected chi connectivity index (χ4v) is 2.74. The van der Waals surface area contributed by atoms with Gasteiger partial charge in [0, 0.05) is 6.42 Å². The van der Waals surface area contributed by atoms with E-state index in [0.717, 1.165) is 22.3 Å². The van der Waals surface area contributed by atoms with Crippen molar-refractivity contribution in [3.63, 3.8) is 0 Å². The Bertz CT molecular complexity index is 666. The van der Waals surface area contributed by atoms with E-state index in [1.807, 2.05) is 45.9 Å². The third-order valence-electron chi connectivity index (χ3n) is 3.87. The lowest BCUT2D eigenvalue weighted by molar-refractivity contribution is -0.145. The molecule has 1 atom stereocenters. The number of para-hydroxylation sites is 1. The Hall–Kier alpha value is -2.29.